The second kappa shape index (κ2) is 32.6. The molecule has 0 aromatic heterocycles. The molecule has 0 amide bonds. The Kier molecular flexibility index (Phi) is 23.8. The largest absolute Gasteiger partial charge is 0.469 e. The molecule has 430 valence electrons. The number of hydrogen-bond donors (Lipinski definition) is 0. The van der Waals surface area contributed by atoms with Crippen molar-refractivity contribution in [3.8, 4) is 0 Å². The third-order valence-corrected chi connectivity index (χ3v) is 14.2. The molecule has 7 aromatic rings. The van der Waals surface area contributed by atoms with Crippen molar-refractivity contribution in [2.24, 2.45) is 0 Å². The highest BCUT2D eigenvalue weighted by atomic mass is 16.8. The van der Waals surface area contributed by atoms with Gasteiger partial charge in [-0.3, -0.25) is 4.79 Å². The number of esters is 2. The summed E-state index contributed by atoms with van der Waals surface area (Å²) >= 11 is 0. The first-order valence-electron chi connectivity index (χ1n) is 28.2. The monoisotopic (exact) mass is 1110 g/mol. The second-order valence-electron chi connectivity index (χ2n) is 20.2. The van der Waals surface area contributed by atoms with Crippen LogP contribution in [0.25, 0.3) is 0 Å². The molecule has 0 unspecified atom stereocenters. The predicted octanol–water partition coefficient (Wildman–Crippen LogP) is 11.6. The van der Waals surface area contributed by atoms with Gasteiger partial charge in [0, 0.05) is 13.0 Å². The maximum atomic E-state index is 14.7. The first-order chi connectivity index (χ1) is 40.5. The molecule has 2 aliphatic rings. The number of carbonyl (C=O) groups excluding carboxylic acids is 2. The summed E-state index contributed by atoms with van der Waals surface area (Å²) in [6, 6.07) is 67.9. The third-order valence-electron chi connectivity index (χ3n) is 14.2. The van der Waals surface area contributed by atoms with Gasteiger partial charge in [-0.15, -0.1) is 0 Å². The number of methoxy groups -OCH3 is 1. The highest BCUT2D eigenvalue weighted by Gasteiger charge is 2.55. The number of unbranched alkanes of at least 4 members (excludes halogenated alkanes) is 2. The maximum Gasteiger partial charge on any atom is 0.338 e. The van der Waals surface area contributed by atoms with Crippen molar-refractivity contribution in [3.05, 3.63) is 251 Å². The van der Waals surface area contributed by atoms with Crippen LogP contribution in [0.1, 0.15) is 69.4 Å². The fraction of sp³-hybridized carbons (Fsp3) is 0.353. The summed E-state index contributed by atoms with van der Waals surface area (Å²) in [4.78, 5) is 26.8. The van der Waals surface area contributed by atoms with Crippen LogP contribution in [0.2, 0.25) is 0 Å². The number of benzene rings is 7. The number of ether oxygens (including phenoxy) is 12. The number of rotatable bonds is 31. The van der Waals surface area contributed by atoms with Gasteiger partial charge in [0.05, 0.1) is 65.5 Å². The lowest BCUT2D eigenvalue weighted by Crippen LogP contribution is -2.66. The molecule has 14 nitrogen and oxygen atoms in total. The van der Waals surface area contributed by atoms with E-state index in [1.54, 1.807) is 24.3 Å². The van der Waals surface area contributed by atoms with E-state index in [2.05, 4.69) is 0 Å². The average molecular weight is 1120 g/mol. The van der Waals surface area contributed by atoms with Crippen LogP contribution < -0.4 is 0 Å². The lowest BCUT2D eigenvalue weighted by molar-refractivity contribution is -0.379. The molecular weight excluding hydrogens is 1040 g/mol. The van der Waals surface area contributed by atoms with Gasteiger partial charge in [0.1, 0.15) is 42.7 Å². The molecule has 0 radical (unpaired) electrons. The molecule has 14 heteroatoms. The summed E-state index contributed by atoms with van der Waals surface area (Å²) in [5, 5.41) is 0. The fourth-order valence-electron chi connectivity index (χ4n) is 9.89. The average Bonchev–Trinajstić information content (AvgIpc) is 3.72. The minimum atomic E-state index is -1.39. The molecular formula is C68H74O14. The zero-order valence-corrected chi connectivity index (χ0v) is 46.4. The van der Waals surface area contributed by atoms with E-state index in [9.17, 15) is 9.59 Å². The summed E-state index contributed by atoms with van der Waals surface area (Å²) in [5.74, 6) is -0.909. The van der Waals surface area contributed by atoms with Gasteiger partial charge in [-0.05, 0) is 58.4 Å². The van der Waals surface area contributed by atoms with E-state index < -0.39 is 67.4 Å². The van der Waals surface area contributed by atoms with Crippen molar-refractivity contribution < 1.29 is 66.4 Å². The molecule has 9 rings (SSSR count). The van der Waals surface area contributed by atoms with Crippen molar-refractivity contribution >= 4 is 11.9 Å². The van der Waals surface area contributed by atoms with E-state index in [1.165, 1.54) is 7.11 Å². The Morgan fingerprint density at radius 2 is 0.744 bits per heavy atom. The normalized spacial score (nSPS) is 22.5. The van der Waals surface area contributed by atoms with Crippen LogP contribution in [0, 0.1) is 0 Å². The van der Waals surface area contributed by atoms with Crippen molar-refractivity contribution in [2.45, 2.75) is 127 Å². The molecule has 0 saturated carbocycles. The van der Waals surface area contributed by atoms with E-state index in [1.807, 2.05) is 188 Å². The molecule has 2 aliphatic heterocycles. The molecule has 0 aliphatic carbocycles. The molecule has 2 fully saturated rings. The van der Waals surface area contributed by atoms with Crippen LogP contribution in [0.15, 0.2) is 212 Å². The van der Waals surface area contributed by atoms with Crippen LogP contribution in [0.4, 0.5) is 0 Å². The van der Waals surface area contributed by atoms with Gasteiger partial charge < -0.3 is 56.8 Å². The van der Waals surface area contributed by atoms with Gasteiger partial charge in [0.2, 0.25) is 0 Å². The van der Waals surface area contributed by atoms with E-state index >= 15 is 0 Å². The minimum absolute atomic E-state index is 0.0308. The standard InChI is InChI=1S/C68H74O14/c1-71-59(69)40-24-9-25-41-74-67-64(62(77-46-54-34-18-6-19-35-54)60(75-44-52-30-14-4-15-31-52)57(79-67)48-72-42-50-26-10-2-11-27-50)82-68-65(81-66(70)56-38-22-8-23-39-56)63(78-47-55-36-20-7-21-37-55)61(76-45-53-32-16-5-17-33-53)58(80-68)49-73-43-51-28-12-3-13-29-51/h2-8,10-23,26-39,57-58,60-65,67-68H,9,24-25,40-49H2,1H3/t57-,58-,60-,61-,62+,63+,64+,65-,67+,68+/m1/s1. The van der Waals surface area contributed by atoms with Gasteiger partial charge in [-0.1, -0.05) is 207 Å². The summed E-state index contributed by atoms with van der Waals surface area (Å²) < 4.78 is 81.3. The van der Waals surface area contributed by atoms with Crippen LogP contribution in [0.3, 0.4) is 0 Å². The van der Waals surface area contributed by atoms with E-state index in [0.717, 1.165) is 33.4 Å². The molecule has 82 heavy (non-hydrogen) atoms. The van der Waals surface area contributed by atoms with Crippen LogP contribution >= 0.6 is 0 Å². The number of hydrogen-bond acceptors (Lipinski definition) is 14. The highest BCUT2D eigenvalue weighted by molar-refractivity contribution is 5.89. The lowest BCUT2D eigenvalue weighted by Gasteiger charge is -2.50. The summed E-state index contributed by atoms with van der Waals surface area (Å²) in [7, 11) is 1.39. The molecule has 10 atom stereocenters. The van der Waals surface area contributed by atoms with Gasteiger partial charge in [0.25, 0.3) is 0 Å². The van der Waals surface area contributed by atoms with E-state index in [0.29, 0.717) is 31.4 Å². The maximum absolute atomic E-state index is 14.7. The van der Waals surface area contributed by atoms with Crippen molar-refractivity contribution in [3.63, 3.8) is 0 Å². The minimum Gasteiger partial charge on any atom is -0.469 e. The zero-order valence-electron chi connectivity index (χ0n) is 46.4. The SMILES string of the molecule is COC(=O)CCCCCO[C@H]1O[C@H](COCc2ccccc2)[C@@H](OCc2ccccc2)[C@H](OCc2ccccc2)[C@@H]1O[C@@H]1O[C@H](COCc2ccccc2)[C@@H](OCc2ccccc2)[C@H](OCc2ccccc2)[C@H]1OC(=O)c1ccccc1. The van der Waals surface area contributed by atoms with Gasteiger partial charge in [-0.25, -0.2) is 4.79 Å². The van der Waals surface area contributed by atoms with Gasteiger partial charge >= 0.3 is 11.9 Å². The Balaban J connectivity index is 1.12. The van der Waals surface area contributed by atoms with Crippen LogP contribution in [-0.2, 0) is 101 Å². The zero-order chi connectivity index (χ0) is 56.4. The van der Waals surface area contributed by atoms with Crippen LogP contribution in [-0.4, -0.2) is 100 Å². The summed E-state index contributed by atoms with van der Waals surface area (Å²) in [5.41, 5.74) is 5.89. The van der Waals surface area contributed by atoms with E-state index in [-0.39, 0.29) is 65.2 Å². The Bertz CT molecular complexity index is 2870. The quantitative estimate of drug-likeness (QED) is 0.0300. The van der Waals surface area contributed by atoms with Crippen molar-refractivity contribution in [1.29, 1.82) is 0 Å². The fourth-order valence-corrected chi connectivity index (χ4v) is 9.89. The first kappa shape index (κ1) is 59.7. The summed E-state index contributed by atoms with van der Waals surface area (Å²) in [6.45, 7) is 1.58. The molecule has 2 heterocycles. The van der Waals surface area contributed by atoms with Crippen LogP contribution in [0.5, 0.6) is 0 Å². The van der Waals surface area contributed by atoms with E-state index in [4.69, 9.17) is 56.8 Å². The summed E-state index contributed by atoms with van der Waals surface area (Å²) in [6.07, 6.45) is -8.11. The van der Waals surface area contributed by atoms with Crippen molar-refractivity contribution in [2.75, 3.05) is 26.9 Å². The molecule has 2 saturated heterocycles. The van der Waals surface area contributed by atoms with Crippen molar-refractivity contribution in [1.82, 2.24) is 0 Å². The molecule has 0 spiro atoms. The van der Waals surface area contributed by atoms with Gasteiger partial charge in [0.15, 0.2) is 18.7 Å². The second-order valence-corrected chi connectivity index (χ2v) is 20.2. The Morgan fingerprint density at radius 1 is 0.378 bits per heavy atom. The highest BCUT2D eigenvalue weighted by Crippen LogP contribution is 2.37. The first-order valence-corrected chi connectivity index (χ1v) is 28.2. The number of carbonyl (C=O) groups is 2. The smallest absolute Gasteiger partial charge is 0.338 e. The third kappa shape index (κ3) is 18.3. The molecule has 0 bridgehead atoms. The lowest BCUT2D eigenvalue weighted by atomic mass is 9.96. The topological polar surface area (TPSA) is 145 Å². The predicted molar refractivity (Wildman–Crippen MR) is 307 cm³/mol. The molecule has 7 aromatic carbocycles. The Morgan fingerprint density at radius 3 is 1.16 bits per heavy atom. The Labute approximate surface area is 481 Å². The molecule has 0 N–H and O–H groups in total. The van der Waals surface area contributed by atoms with Gasteiger partial charge in [-0.2, -0.15) is 0 Å². The Hall–Kier alpha value is -6.92.